The SMILES string of the molecule is CSc1ccccc1NC(=O)CN(C)C(=O)COC(=O)c1ccc(C)c(F)c1. The number of esters is 1. The predicted molar refractivity (Wildman–Crippen MR) is 106 cm³/mol. The number of ether oxygens (including phenoxy) is 1. The summed E-state index contributed by atoms with van der Waals surface area (Å²) in [7, 11) is 1.43. The molecule has 0 saturated carbocycles. The Labute approximate surface area is 167 Å². The minimum Gasteiger partial charge on any atom is -0.452 e. The first-order valence-electron chi connectivity index (χ1n) is 8.42. The number of para-hydroxylation sites is 1. The molecule has 0 aliphatic heterocycles. The molecular weight excluding hydrogens is 383 g/mol. The summed E-state index contributed by atoms with van der Waals surface area (Å²) in [6, 6.07) is 11.3. The van der Waals surface area contributed by atoms with Crippen molar-refractivity contribution in [3.05, 3.63) is 59.4 Å². The summed E-state index contributed by atoms with van der Waals surface area (Å²) in [6.45, 7) is 0.837. The summed E-state index contributed by atoms with van der Waals surface area (Å²) in [5.74, 6) is -2.25. The number of nitrogens with one attached hydrogen (secondary N) is 1. The van der Waals surface area contributed by atoms with Crippen molar-refractivity contribution in [3.8, 4) is 0 Å². The molecule has 0 radical (unpaired) electrons. The van der Waals surface area contributed by atoms with Crippen LogP contribution in [0.2, 0.25) is 0 Å². The quantitative estimate of drug-likeness (QED) is 0.567. The van der Waals surface area contributed by atoms with Crippen LogP contribution in [0.25, 0.3) is 0 Å². The molecule has 8 heteroatoms. The number of carbonyl (C=O) groups is 3. The van der Waals surface area contributed by atoms with E-state index in [0.717, 1.165) is 15.9 Å². The second kappa shape index (κ2) is 9.89. The van der Waals surface area contributed by atoms with Gasteiger partial charge in [-0.3, -0.25) is 9.59 Å². The smallest absolute Gasteiger partial charge is 0.338 e. The van der Waals surface area contributed by atoms with Crippen molar-refractivity contribution < 1.29 is 23.5 Å². The number of hydrogen-bond acceptors (Lipinski definition) is 5. The molecule has 28 heavy (non-hydrogen) atoms. The second-order valence-corrected chi connectivity index (χ2v) is 6.89. The fourth-order valence-electron chi connectivity index (χ4n) is 2.28. The van der Waals surface area contributed by atoms with E-state index in [1.165, 1.54) is 30.9 Å². The molecule has 2 aromatic carbocycles. The third-order valence-corrected chi connectivity index (χ3v) is 4.72. The van der Waals surface area contributed by atoms with Crippen LogP contribution in [0.4, 0.5) is 10.1 Å². The van der Waals surface area contributed by atoms with Gasteiger partial charge in [-0.05, 0) is 43.0 Å². The van der Waals surface area contributed by atoms with Gasteiger partial charge in [-0.25, -0.2) is 9.18 Å². The highest BCUT2D eigenvalue weighted by Gasteiger charge is 2.17. The largest absolute Gasteiger partial charge is 0.452 e. The van der Waals surface area contributed by atoms with Crippen LogP contribution in [0.1, 0.15) is 15.9 Å². The number of anilines is 1. The molecule has 0 spiro atoms. The minimum atomic E-state index is -0.806. The lowest BCUT2D eigenvalue weighted by Gasteiger charge is -2.17. The van der Waals surface area contributed by atoms with Crippen molar-refractivity contribution in [1.29, 1.82) is 0 Å². The summed E-state index contributed by atoms with van der Waals surface area (Å²) in [6.07, 6.45) is 1.90. The third-order valence-electron chi connectivity index (χ3n) is 3.92. The molecule has 6 nitrogen and oxygen atoms in total. The first kappa shape index (κ1) is 21.4. The second-order valence-electron chi connectivity index (χ2n) is 6.04. The predicted octanol–water partition coefficient (Wildman–Crippen LogP) is 3.11. The van der Waals surface area contributed by atoms with E-state index in [2.05, 4.69) is 5.32 Å². The van der Waals surface area contributed by atoms with Gasteiger partial charge in [-0.2, -0.15) is 0 Å². The van der Waals surface area contributed by atoms with Gasteiger partial charge in [-0.1, -0.05) is 18.2 Å². The number of amides is 2. The summed E-state index contributed by atoms with van der Waals surface area (Å²) in [5.41, 5.74) is 1.08. The van der Waals surface area contributed by atoms with Gasteiger partial charge in [0, 0.05) is 11.9 Å². The van der Waals surface area contributed by atoms with Crippen LogP contribution >= 0.6 is 11.8 Å². The fourth-order valence-corrected chi connectivity index (χ4v) is 2.84. The molecule has 0 heterocycles. The molecular formula is C20H21FN2O4S. The summed E-state index contributed by atoms with van der Waals surface area (Å²) >= 11 is 1.49. The summed E-state index contributed by atoms with van der Waals surface area (Å²) < 4.78 is 18.4. The average molecular weight is 404 g/mol. The first-order valence-corrected chi connectivity index (χ1v) is 9.64. The summed E-state index contributed by atoms with van der Waals surface area (Å²) in [5, 5.41) is 2.75. The zero-order chi connectivity index (χ0) is 20.7. The highest BCUT2D eigenvalue weighted by atomic mass is 32.2. The van der Waals surface area contributed by atoms with E-state index in [4.69, 9.17) is 4.74 Å². The lowest BCUT2D eigenvalue weighted by molar-refractivity contribution is -0.136. The van der Waals surface area contributed by atoms with E-state index in [1.807, 2.05) is 18.4 Å². The summed E-state index contributed by atoms with van der Waals surface area (Å²) in [4.78, 5) is 38.2. The maximum atomic E-state index is 13.5. The Morgan fingerprint density at radius 3 is 2.57 bits per heavy atom. The highest BCUT2D eigenvalue weighted by molar-refractivity contribution is 7.98. The number of halogens is 1. The maximum Gasteiger partial charge on any atom is 0.338 e. The number of rotatable bonds is 7. The van der Waals surface area contributed by atoms with Crippen LogP contribution in [0, 0.1) is 12.7 Å². The van der Waals surface area contributed by atoms with Gasteiger partial charge >= 0.3 is 5.97 Å². The zero-order valence-electron chi connectivity index (χ0n) is 15.8. The molecule has 0 unspecified atom stereocenters. The Hall–Kier alpha value is -2.87. The Bertz CT molecular complexity index is 888. The van der Waals surface area contributed by atoms with E-state index in [9.17, 15) is 18.8 Å². The highest BCUT2D eigenvalue weighted by Crippen LogP contribution is 2.24. The van der Waals surface area contributed by atoms with Crippen molar-refractivity contribution in [2.24, 2.45) is 0 Å². The van der Waals surface area contributed by atoms with Gasteiger partial charge in [0.15, 0.2) is 6.61 Å². The van der Waals surface area contributed by atoms with E-state index in [-0.39, 0.29) is 18.0 Å². The van der Waals surface area contributed by atoms with Crippen LogP contribution in [-0.4, -0.2) is 49.1 Å². The van der Waals surface area contributed by atoms with Crippen LogP contribution < -0.4 is 5.32 Å². The number of aryl methyl sites for hydroxylation is 1. The van der Waals surface area contributed by atoms with E-state index in [0.29, 0.717) is 11.3 Å². The number of likely N-dealkylation sites (N-methyl/N-ethyl adjacent to an activating group) is 1. The number of hydrogen-bond donors (Lipinski definition) is 1. The molecule has 0 atom stereocenters. The topological polar surface area (TPSA) is 75.7 Å². The third kappa shape index (κ3) is 5.82. The molecule has 1 N–H and O–H groups in total. The molecule has 0 aromatic heterocycles. The fraction of sp³-hybridized carbons (Fsp3) is 0.250. The van der Waals surface area contributed by atoms with Gasteiger partial charge in [0.2, 0.25) is 5.91 Å². The van der Waals surface area contributed by atoms with Crippen LogP contribution in [-0.2, 0) is 14.3 Å². The molecule has 0 saturated heterocycles. The zero-order valence-corrected chi connectivity index (χ0v) is 16.6. The molecule has 0 fully saturated rings. The monoisotopic (exact) mass is 404 g/mol. The van der Waals surface area contributed by atoms with E-state index < -0.39 is 24.3 Å². The van der Waals surface area contributed by atoms with Gasteiger partial charge in [0.05, 0.1) is 17.8 Å². The Morgan fingerprint density at radius 2 is 1.89 bits per heavy atom. The average Bonchev–Trinajstić information content (AvgIpc) is 2.68. The van der Waals surface area contributed by atoms with Crippen molar-refractivity contribution >= 4 is 35.2 Å². The molecule has 2 amide bonds. The molecule has 2 aromatic rings. The maximum absolute atomic E-state index is 13.5. The van der Waals surface area contributed by atoms with Crippen molar-refractivity contribution in [2.45, 2.75) is 11.8 Å². The molecule has 0 aliphatic rings. The molecule has 0 aliphatic carbocycles. The normalized spacial score (nSPS) is 10.3. The minimum absolute atomic E-state index is 0.0185. The molecule has 0 bridgehead atoms. The van der Waals surface area contributed by atoms with Crippen molar-refractivity contribution in [2.75, 3.05) is 31.8 Å². The van der Waals surface area contributed by atoms with Crippen molar-refractivity contribution in [3.63, 3.8) is 0 Å². The van der Waals surface area contributed by atoms with Crippen molar-refractivity contribution in [1.82, 2.24) is 4.90 Å². The van der Waals surface area contributed by atoms with Gasteiger partial charge in [-0.15, -0.1) is 11.8 Å². The van der Waals surface area contributed by atoms with E-state index in [1.54, 1.807) is 19.1 Å². The lowest BCUT2D eigenvalue weighted by atomic mass is 10.1. The molecule has 148 valence electrons. The Kier molecular flexibility index (Phi) is 7.57. The van der Waals surface area contributed by atoms with Gasteiger partial charge in [0.1, 0.15) is 5.82 Å². The van der Waals surface area contributed by atoms with Gasteiger partial charge in [0.25, 0.3) is 5.91 Å². The number of thioether (sulfide) groups is 1. The standard InChI is InChI=1S/C20H21FN2O4S/c1-13-8-9-14(10-15(13)21)20(26)27-12-19(25)23(2)11-18(24)22-16-6-4-5-7-17(16)28-3/h4-10H,11-12H2,1-3H3,(H,22,24). The van der Waals surface area contributed by atoms with Gasteiger partial charge < -0.3 is 15.0 Å². The van der Waals surface area contributed by atoms with E-state index >= 15 is 0 Å². The number of carbonyl (C=O) groups excluding carboxylic acids is 3. The van der Waals surface area contributed by atoms with Crippen LogP contribution in [0.3, 0.4) is 0 Å². The number of nitrogens with zero attached hydrogens (tertiary/aromatic N) is 1. The molecule has 2 rings (SSSR count). The van der Waals surface area contributed by atoms with Crippen LogP contribution in [0.15, 0.2) is 47.4 Å². The lowest BCUT2D eigenvalue weighted by Crippen LogP contribution is -2.37. The van der Waals surface area contributed by atoms with Crippen LogP contribution in [0.5, 0.6) is 0 Å². The Balaban J connectivity index is 1.85. The number of benzene rings is 2. The Morgan fingerprint density at radius 1 is 1.18 bits per heavy atom. The first-order chi connectivity index (χ1) is 13.3.